The number of benzene rings is 1. The molecule has 0 bridgehead atoms. The van der Waals surface area contributed by atoms with E-state index in [0.29, 0.717) is 5.76 Å². The summed E-state index contributed by atoms with van der Waals surface area (Å²) in [5.74, 6) is 0.806. The molecule has 3 rings (SSSR count). The maximum Gasteiger partial charge on any atom is 0.416 e. The third-order valence-corrected chi connectivity index (χ3v) is 4.03. The Hall–Kier alpha value is -1.80. The number of hydrogen-bond acceptors (Lipinski definition) is 1. The van der Waals surface area contributed by atoms with Crippen molar-refractivity contribution in [1.29, 1.82) is 0 Å². The third-order valence-electron chi connectivity index (χ3n) is 3.70. The van der Waals surface area contributed by atoms with E-state index in [1.54, 1.807) is 18.2 Å². The molecule has 0 radical (unpaired) electrons. The Kier molecular flexibility index (Phi) is 6.52. The van der Waals surface area contributed by atoms with Crippen LogP contribution in [-0.4, -0.2) is 0 Å². The van der Waals surface area contributed by atoms with Gasteiger partial charge in [-0.1, -0.05) is 11.6 Å². The minimum absolute atomic E-state index is 0. The Bertz CT molecular complexity index is 935. The predicted molar refractivity (Wildman–Crippen MR) is 90.7 cm³/mol. The smallest absolute Gasteiger partial charge is 0.416 e. The molecule has 0 aliphatic rings. The lowest BCUT2D eigenvalue weighted by Crippen LogP contribution is -3.00. The van der Waals surface area contributed by atoms with E-state index in [1.165, 1.54) is 6.07 Å². The van der Waals surface area contributed by atoms with E-state index in [-0.39, 0.29) is 40.3 Å². The molecule has 3 aromatic rings. The molecule has 2 aromatic heterocycles. The van der Waals surface area contributed by atoms with E-state index in [0.717, 1.165) is 17.8 Å². The van der Waals surface area contributed by atoms with Gasteiger partial charge < -0.3 is 28.4 Å². The van der Waals surface area contributed by atoms with Crippen LogP contribution in [0.25, 0.3) is 23.5 Å². The minimum atomic E-state index is -4.43. The van der Waals surface area contributed by atoms with Crippen molar-refractivity contribution < 1.29 is 46.1 Å². The molecule has 0 saturated heterocycles. The zero-order chi connectivity index (χ0) is 18.0. The summed E-state index contributed by atoms with van der Waals surface area (Å²) in [6.45, 7) is 0. The molecule has 136 valence electrons. The van der Waals surface area contributed by atoms with Crippen LogP contribution < -0.4 is 28.5 Å². The number of alkyl halides is 3. The van der Waals surface area contributed by atoms with Gasteiger partial charge in [-0.15, -0.1) is 0 Å². The summed E-state index contributed by atoms with van der Waals surface area (Å²) >= 11 is 6.04. The van der Waals surface area contributed by atoms with E-state index >= 15 is 0 Å². The van der Waals surface area contributed by atoms with Crippen LogP contribution in [0.15, 0.2) is 59.1 Å². The summed E-state index contributed by atoms with van der Waals surface area (Å²) in [7, 11) is 1.91. The van der Waals surface area contributed by atoms with Gasteiger partial charge >= 0.3 is 6.18 Å². The lowest BCUT2D eigenvalue weighted by atomic mass is 10.1. The first kappa shape index (κ1) is 20.5. The lowest BCUT2D eigenvalue weighted by molar-refractivity contribution is -0.673. The van der Waals surface area contributed by atoms with Gasteiger partial charge in [0.05, 0.1) is 10.6 Å². The van der Waals surface area contributed by atoms with Gasteiger partial charge in [-0.25, -0.2) is 4.57 Å². The molecular formula is C19H14ClF3INO. The number of furan rings is 1. The summed E-state index contributed by atoms with van der Waals surface area (Å²) in [6, 6.07) is 12.2. The number of pyridine rings is 1. The first-order valence-corrected chi connectivity index (χ1v) is 7.82. The molecule has 0 spiro atoms. The molecule has 0 atom stereocenters. The van der Waals surface area contributed by atoms with E-state index in [2.05, 4.69) is 0 Å². The standard InChI is InChI=1S/C19H14ClF3NO.HI/c1-24-11-3-2-4-14(24)6-7-15-8-10-18(25-15)16-12-13(19(21,22)23)5-9-17(16)20;/h2-12H,1H3;1H/q+1;/p-1/b7-6+;. The number of aryl methyl sites for hydroxylation is 1. The summed E-state index contributed by atoms with van der Waals surface area (Å²) in [5, 5.41) is 0.201. The van der Waals surface area contributed by atoms with E-state index in [1.807, 2.05) is 42.1 Å². The van der Waals surface area contributed by atoms with Gasteiger partial charge in [0.25, 0.3) is 0 Å². The predicted octanol–water partition coefficient (Wildman–Crippen LogP) is 2.62. The average molecular weight is 492 g/mol. The number of hydrogen-bond donors (Lipinski definition) is 0. The molecule has 0 amide bonds. The Morgan fingerprint density at radius 1 is 1.04 bits per heavy atom. The normalized spacial score (nSPS) is 11.6. The Morgan fingerprint density at radius 3 is 2.50 bits per heavy atom. The largest absolute Gasteiger partial charge is 1.00 e. The van der Waals surface area contributed by atoms with Crippen LogP contribution >= 0.6 is 11.6 Å². The zero-order valence-electron chi connectivity index (χ0n) is 13.6. The molecule has 7 heteroatoms. The second-order valence-corrected chi connectivity index (χ2v) is 5.87. The quantitative estimate of drug-likeness (QED) is 0.407. The zero-order valence-corrected chi connectivity index (χ0v) is 16.5. The number of halogens is 5. The molecule has 0 aliphatic carbocycles. The van der Waals surface area contributed by atoms with Crippen LogP contribution in [0.5, 0.6) is 0 Å². The monoisotopic (exact) mass is 491 g/mol. The van der Waals surface area contributed by atoms with Crippen LogP contribution in [-0.2, 0) is 13.2 Å². The SMILES string of the molecule is C[n+]1ccccc1/C=C/c1ccc(-c2cc(C(F)(F)F)ccc2Cl)o1.[I-]. The minimum Gasteiger partial charge on any atom is -1.00 e. The Labute approximate surface area is 170 Å². The van der Waals surface area contributed by atoms with Gasteiger partial charge in [0.1, 0.15) is 18.6 Å². The van der Waals surface area contributed by atoms with Crippen LogP contribution in [0.3, 0.4) is 0 Å². The van der Waals surface area contributed by atoms with Crippen molar-refractivity contribution >= 4 is 23.8 Å². The van der Waals surface area contributed by atoms with E-state index in [9.17, 15) is 13.2 Å². The van der Waals surface area contributed by atoms with Crippen LogP contribution in [0.2, 0.25) is 5.02 Å². The molecular weight excluding hydrogens is 478 g/mol. The van der Waals surface area contributed by atoms with Gasteiger partial charge in [0.2, 0.25) is 5.69 Å². The Balaban J connectivity index is 0.00000243. The van der Waals surface area contributed by atoms with Gasteiger partial charge in [0.15, 0.2) is 6.20 Å². The van der Waals surface area contributed by atoms with E-state index < -0.39 is 11.7 Å². The van der Waals surface area contributed by atoms with Crippen molar-refractivity contribution in [3.05, 3.63) is 76.8 Å². The van der Waals surface area contributed by atoms with Crippen molar-refractivity contribution in [3.8, 4) is 11.3 Å². The van der Waals surface area contributed by atoms with Crippen molar-refractivity contribution in [2.45, 2.75) is 6.18 Å². The number of nitrogens with zero attached hydrogens (tertiary/aromatic N) is 1. The first-order valence-electron chi connectivity index (χ1n) is 7.44. The van der Waals surface area contributed by atoms with Crippen molar-refractivity contribution in [2.75, 3.05) is 0 Å². The summed E-state index contributed by atoms with van der Waals surface area (Å²) in [6.07, 6.45) is 1.09. The fraction of sp³-hybridized carbons (Fsp3) is 0.105. The molecule has 2 heterocycles. The highest BCUT2D eigenvalue weighted by molar-refractivity contribution is 6.33. The average Bonchev–Trinajstić information content (AvgIpc) is 3.02. The number of aromatic nitrogens is 1. The molecule has 0 unspecified atom stereocenters. The van der Waals surface area contributed by atoms with Gasteiger partial charge in [-0.2, -0.15) is 13.2 Å². The highest BCUT2D eigenvalue weighted by Crippen LogP contribution is 2.36. The summed E-state index contributed by atoms with van der Waals surface area (Å²) in [4.78, 5) is 0. The molecule has 0 aliphatic heterocycles. The highest BCUT2D eigenvalue weighted by Gasteiger charge is 2.31. The molecule has 0 fully saturated rings. The van der Waals surface area contributed by atoms with Crippen LogP contribution in [0.4, 0.5) is 13.2 Å². The first-order chi connectivity index (χ1) is 11.8. The van der Waals surface area contributed by atoms with Crippen molar-refractivity contribution in [1.82, 2.24) is 0 Å². The second kappa shape index (κ2) is 8.26. The van der Waals surface area contributed by atoms with Gasteiger partial charge in [0, 0.05) is 23.8 Å². The second-order valence-electron chi connectivity index (χ2n) is 5.46. The van der Waals surface area contributed by atoms with Crippen molar-refractivity contribution in [3.63, 3.8) is 0 Å². The maximum absolute atomic E-state index is 12.9. The fourth-order valence-corrected chi connectivity index (χ4v) is 2.57. The van der Waals surface area contributed by atoms with Gasteiger partial charge in [-0.3, -0.25) is 0 Å². The molecule has 2 nitrogen and oxygen atoms in total. The topological polar surface area (TPSA) is 17.0 Å². The third kappa shape index (κ3) is 4.67. The van der Waals surface area contributed by atoms with E-state index in [4.69, 9.17) is 16.0 Å². The van der Waals surface area contributed by atoms with Crippen LogP contribution in [0.1, 0.15) is 17.0 Å². The lowest BCUT2D eigenvalue weighted by Gasteiger charge is -2.09. The van der Waals surface area contributed by atoms with Crippen molar-refractivity contribution in [2.24, 2.45) is 7.05 Å². The number of rotatable bonds is 3. The highest BCUT2D eigenvalue weighted by atomic mass is 127. The Morgan fingerprint density at radius 2 is 1.81 bits per heavy atom. The molecule has 0 saturated carbocycles. The van der Waals surface area contributed by atoms with Crippen LogP contribution in [0, 0.1) is 0 Å². The molecule has 0 N–H and O–H groups in total. The maximum atomic E-state index is 12.9. The molecule has 1 aromatic carbocycles. The molecule has 26 heavy (non-hydrogen) atoms. The summed E-state index contributed by atoms with van der Waals surface area (Å²) in [5.41, 5.74) is 0.399. The fourth-order valence-electron chi connectivity index (χ4n) is 2.35. The summed E-state index contributed by atoms with van der Waals surface area (Å²) < 4.78 is 46.2. The van der Waals surface area contributed by atoms with Gasteiger partial charge in [-0.05, 0) is 42.5 Å².